The molecule has 3 aromatic rings. The lowest BCUT2D eigenvalue weighted by Gasteiger charge is -2.08. The first kappa shape index (κ1) is 12.4. The van der Waals surface area contributed by atoms with Gasteiger partial charge in [-0.1, -0.05) is 35.9 Å². The number of aromatic carboxylic acids is 1. The van der Waals surface area contributed by atoms with Gasteiger partial charge in [0.1, 0.15) is 0 Å². The molecule has 0 aliphatic carbocycles. The van der Waals surface area contributed by atoms with Gasteiger partial charge in [-0.2, -0.15) is 0 Å². The molecule has 3 heteroatoms. The highest BCUT2D eigenvalue weighted by Crippen LogP contribution is 2.25. The SMILES string of the molecule is Cc1ccc(C(=O)O)c(-c2ccc3ccccc3n2)c1. The second-order valence-corrected chi connectivity index (χ2v) is 4.74. The van der Waals surface area contributed by atoms with E-state index in [1.807, 2.05) is 49.4 Å². The molecule has 1 aromatic heterocycles. The molecule has 3 nitrogen and oxygen atoms in total. The van der Waals surface area contributed by atoms with Gasteiger partial charge in [0.05, 0.1) is 16.8 Å². The highest BCUT2D eigenvalue weighted by atomic mass is 16.4. The minimum absolute atomic E-state index is 0.276. The average Bonchev–Trinajstić information content (AvgIpc) is 2.46. The van der Waals surface area contributed by atoms with E-state index in [0.29, 0.717) is 11.3 Å². The van der Waals surface area contributed by atoms with Crippen molar-refractivity contribution in [3.8, 4) is 11.3 Å². The van der Waals surface area contributed by atoms with E-state index >= 15 is 0 Å². The summed E-state index contributed by atoms with van der Waals surface area (Å²) >= 11 is 0. The van der Waals surface area contributed by atoms with Crippen LogP contribution in [0.25, 0.3) is 22.2 Å². The topological polar surface area (TPSA) is 50.2 Å². The molecule has 1 N–H and O–H groups in total. The van der Waals surface area contributed by atoms with Crippen molar-refractivity contribution < 1.29 is 9.90 Å². The second-order valence-electron chi connectivity index (χ2n) is 4.74. The number of aryl methyl sites for hydroxylation is 1. The lowest BCUT2D eigenvalue weighted by molar-refractivity contribution is 0.0697. The van der Waals surface area contributed by atoms with Crippen molar-refractivity contribution in [3.05, 3.63) is 65.7 Å². The minimum atomic E-state index is -0.935. The molecule has 20 heavy (non-hydrogen) atoms. The normalized spacial score (nSPS) is 10.7. The highest BCUT2D eigenvalue weighted by molar-refractivity contribution is 5.96. The zero-order valence-corrected chi connectivity index (χ0v) is 11.0. The van der Waals surface area contributed by atoms with Crippen molar-refractivity contribution in [3.63, 3.8) is 0 Å². The lowest BCUT2D eigenvalue weighted by Crippen LogP contribution is -2.00. The van der Waals surface area contributed by atoms with Crippen LogP contribution in [0.15, 0.2) is 54.6 Å². The fourth-order valence-corrected chi connectivity index (χ4v) is 2.27. The molecule has 98 valence electrons. The highest BCUT2D eigenvalue weighted by Gasteiger charge is 2.13. The van der Waals surface area contributed by atoms with E-state index in [4.69, 9.17) is 0 Å². The summed E-state index contributed by atoms with van der Waals surface area (Å²) in [4.78, 5) is 15.9. The van der Waals surface area contributed by atoms with E-state index < -0.39 is 5.97 Å². The molecule has 0 saturated heterocycles. The predicted octanol–water partition coefficient (Wildman–Crippen LogP) is 3.91. The van der Waals surface area contributed by atoms with Gasteiger partial charge in [-0.3, -0.25) is 0 Å². The Balaban J connectivity index is 2.24. The number of hydrogen-bond acceptors (Lipinski definition) is 2. The molecule has 0 amide bonds. The largest absolute Gasteiger partial charge is 0.478 e. The van der Waals surface area contributed by atoms with Crippen LogP contribution in [0.1, 0.15) is 15.9 Å². The van der Waals surface area contributed by atoms with E-state index in [0.717, 1.165) is 16.5 Å². The number of para-hydroxylation sites is 1. The zero-order chi connectivity index (χ0) is 14.1. The van der Waals surface area contributed by atoms with Gasteiger partial charge in [0.15, 0.2) is 0 Å². The molecular formula is C17H13NO2. The molecule has 3 rings (SSSR count). The molecule has 0 aliphatic heterocycles. The summed E-state index contributed by atoms with van der Waals surface area (Å²) in [7, 11) is 0. The molecule has 0 saturated carbocycles. The third-order valence-electron chi connectivity index (χ3n) is 3.28. The van der Waals surface area contributed by atoms with Crippen LogP contribution in [0.5, 0.6) is 0 Å². The Morgan fingerprint density at radius 1 is 1.05 bits per heavy atom. The molecule has 1 heterocycles. The monoisotopic (exact) mass is 263 g/mol. The van der Waals surface area contributed by atoms with Gasteiger partial charge in [-0.05, 0) is 31.2 Å². The standard InChI is InChI=1S/C17H13NO2/c1-11-6-8-13(17(19)20)14(10-11)16-9-7-12-4-2-3-5-15(12)18-16/h2-10H,1H3,(H,19,20). The van der Waals surface area contributed by atoms with Gasteiger partial charge < -0.3 is 5.11 Å². The van der Waals surface area contributed by atoms with E-state index in [2.05, 4.69) is 4.98 Å². The summed E-state index contributed by atoms with van der Waals surface area (Å²) in [6, 6.07) is 16.9. The number of aromatic nitrogens is 1. The number of carboxylic acid groups (broad SMARTS) is 1. The Labute approximate surface area is 116 Å². The number of nitrogens with zero attached hydrogens (tertiary/aromatic N) is 1. The first-order chi connectivity index (χ1) is 9.65. The number of hydrogen-bond donors (Lipinski definition) is 1. The molecule has 0 unspecified atom stereocenters. The maximum atomic E-state index is 11.3. The van der Waals surface area contributed by atoms with Crippen LogP contribution in [0, 0.1) is 6.92 Å². The van der Waals surface area contributed by atoms with Crippen LogP contribution in [0.2, 0.25) is 0 Å². The summed E-state index contributed by atoms with van der Waals surface area (Å²) in [5, 5.41) is 10.3. The summed E-state index contributed by atoms with van der Waals surface area (Å²) in [5.74, 6) is -0.935. The summed E-state index contributed by atoms with van der Waals surface area (Å²) < 4.78 is 0. The fraction of sp³-hybridized carbons (Fsp3) is 0.0588. The number of benzene rings is 2. The third-order valence-corrected chi connectivity index (χ3v) is 3.28. The van der Waals surface area contributed by atoms with Crippen molar-refractivity contribution in [2.45, 2.75) is 6.92 Å². The minimum Gasteiger partial charge on any atom is -0.478 e. The molecule has 0 atom stereocenters. The maximum absolute atomic E-state index is 11.3. The van der Waals surface area contributed by atoms with E-state index in [9.17, 15) is 9.90 Å². The van der Waals surface area contributed by atoms with Crippen LogP contribution in [0.4, 0.5) is 0 Å². The average molecular weight is 263 g/mol. The molecule has 0 aliphatic rings. The molecule has 0 radical (unpaired) electrons. The van der Waals surface area contributed by atoms with Crippen molar-refractivity contribution >= 4 is 16.9 Å². The number of fused-ring (bicyclic) bond motifs is 1. The fourth-order valence-electron chi connectivity index (χ4n) is 2.27. The molecular weight excluding hydrogens is 250 g/mol. The smallest absolute Gasteiger partial charge is 0.336 e. The Morgan fingerprint density at radius 3 is 2.65 bits per heavy atom. The molecule has 0 spiro atoms. The van der Waals surface area contributed by atoms with Crippen LogP contribution in [0.3, 0.4) is 0 Å². The van der Waals surface area contributed by atoms with Crippen LogP contribution < -0.4 is 0 Å². The Morgan fingerprint density at radius 2 is 1.85 bits per heavy atom. The van der Waals surface area contributed by atoms with Gasteiger partial charge in [0.25, 0.3) is 0 Å². The van der Waals surface area contributed by atoms with Crippen molar-refractivity contribution in [1.29, 1.82) is 0 Å². The predicted molar refractivity (Wildman–Crippen MR) is 78.9 cm³/mol. The Hall–Kier alpha value is -2.68. The first-order valence-electron chi connectivity index (χ1n) is 6.35. The molecule has 2 aromatic carbocycles. The number of carboxylic acids is 1. The van der Waals surface area contributed by atoms with Crippen molar-refractivity contribution in [2.75, 3.05) is 0 Å². The number of carbonyl (C=O) groups is 1. The quantitative estimate of drug-likeness (QED) is 0.762. The Bertz CT molecular complexity index is 809. The lowest BCUT2D eigenvalue weighted by atomic mass is 10.0. The van der Waals surface area contributed by atoms with Gasteiger partial charge in [0, 0.05) is 10.9 Å². The number of rotatable bonds is 2. The zero-order valence-electron chi connectivity index (χ0n) is 11.0. The van der Waals surface area contributed by atoms with Gasteiger partial charge in [-0.25, -0.2) is 9.78 Å². The third kappa shape index (κ3) is 2.14. The molecule has 0 bridgehead atoms. The van der Waals surface area contributed by atoms with Crippen LogP contribution >= 0.6 is 0 Å². The van der Waals surface area contributed by atoms with E-state index in [1.165, 1.54) is 0 Å². The Kier molecular flexibility index (Phi) is 2.95. The maximum Gasteiger partial charge on any atom is 0.336 e. The first-order valence-corrected chi connectivity index (χ1v) is 6.35. The van der Waals surface area contributed by atoms with Crippen LogP contribution in [-0.2, 0) is 0 Å². The molecule has 0 fully saturated rings. The second kappa shape index (κ2) is 4.78. The van der Waals surface area contributed by atoms with Gasteiger partial charge in [-0.15, -0.1) is 0 Å². The van der Waals surface area contributed by atoms with Gasteiger partial charge in [0.2, 0.25) is 0 Å². The van der Waals surface area contributed by atoms with Gasteiger partial charge >= 0.3 is 5.97 Å². The van der Waals surface area contributed by atoms with Crippen molar-refractivity contribution in [2.24, 2.45) is 0 Å². The summed E-state index contributed by atoms with van der Waals surface area (Å²) in [6.07, 6.45) is 0. The van der Waals surface area contributed by atoms with E-state index in [1.54, 1.807) is 12.1 Å². The summed E-state index contributed by atoms with van der Waals surface area (Å²) in [6.45, 7) is 1.94. The van der Waals surface area contributed by atoms with Crippen LogP contribution in [-0.4, -0.2) is 16.1 Å². The van der Waals surface area contributed by atoms with Crippen molar-refractivity contribution in [1.82, 2.24) is 4.98 Å². The van der Waals surface area contributed by atoms with E-state index in [-0.39, 0.29) is 5.56 Å². The number of pyridine rings is 1. The summed E-state index contributed by atoms with van der Waals surface area (Å²) in [5.41, 5.74) is 3.49.